The lowest BCUT2D eigenvalue weighted by atomic mass is 9.91. The summed E-state index contributed by atoms with van der Waals surface area (Å²) in [6.07, 6.45) is 3.29. The monoisotopic (exact) mass is 206 g/mol. The number of benzene rings is 1. The molecule has 15 heavy (non-hydrogen) atoms. The Bertz CT molecular complexity index is 284. The van der Waals surface area contributed by atoms with E-state index in [1.807, 2.05) is 18.2 Å². The molecule has 1 saturated heterocycles. The lowest BCUT2D eigenvalue weighted by molar-refractivity contribution is -0.0427. The summed E-state index contributed by atoms with van der Waals surface area (Å²) in [6.45, 7) is 1.09. The number of aliphatic hydroxyl groups is 1. The smallest absolute Gasteiger partial charge is 0.0665 e. The van der Waals surface area contributed by atoms with E-state index in [-0.39, 0.29) is 12.7 Å². The van der Waals surface area contributed by atoms with Crippen molar-refractivity contribution in [1.29, 1.82) is 0 Å². The fourth-order valence-electron chi connectivity index (χ4n) is 2.18. The van der Waals surface area contributed by atoms with Gasteiger partial charge in [-0.05, 0) is 24.8 Å². The van der Waals surface area contributed by atoms with Gasteiger partial charge in [-0.25, -0.2) is 0 Å². The van der Waals surface area contributed by atoms with Crippen LogP contribution in [-0.4, -0.2) is 24.4 Å². The molecule has 82 valence electrons. The standard InChI is InChI=1S/C13H18O2/c14-10-12-7-4-8-15-13(12)9-11-5-2-1-3-6-11/h1-3,5-6,12-14H,4,7-10H2. The van der Waals surface area contributed by atoms with Crippen LogP contribution >= 0.6 is 0 Å². The van der Waals surface area contributed by atoms with Crippen molar-refractivity contribution in [2.24, 2.45) is 5.92 Å². The third kappa shape index (κ3) is 2.80. The Balaban J connectivity index is 1.97. The topological polar surface area (TPSA) is 29.5 Å². The largest absolute Gasteiger partial charge is 0.396 e. The first-order valence-corrected chi connectivity index (χ1v) is 5.66. The lowest BCUT2D eigenvalue weighted by Gasteiger charge is -2.30. The van der Waals surface area contributed by atoms with Crippen LogP contribution in [0.2, 0.25) is 0 Å². The van der Waals surface area contributed by atoms with E-state index in [9.17, 15) is 5.11 Å². The zero-order valence-electron chi connectivity index (χ0n) is 8.93. The average Bonchev–Trinajstić information content (AvgIpc) is 2.31. The van der Waals surface area contributed by atoms with E-state index in [2.05, 4.69) is 12.1 Å². The minimum Gasteiger partial charge on any atom is -0.396 e. The summed E-state index contributed by atoms with van der Waals surface area (Å²) >= 11 is 0. The van der Waals surface area contributed by atoms with E-state index in [0.29, 0.717) is 5.92 Å². The van der Waals surface area contributed by atoms with Crippen molar-refractivity contribution >= 4 is 0 Å². The summed E-state index contributed by atoms with van der Waals surface area (Å²) in [7, 11) is 0. The van der Waals surface area contributed by atoms with Crippen LogP contribution in [0.1, 0.15) is 18.4 Å². The van der Waals surface area contributed by atoms with E-state index < -0.39 is 0 Å². The van der Waals surface area contributed by atoms with E-state index in [1.54, 1.807) is 0 Å². The van der Waals surface area contributed by atoms with E-state index in [0.717, 1.165) is 25.9 Å². The molecule has 1 N–H and O–H groups in total. The van der Waals surface area contributed by atoms with Crippen molar-refractivity contribution in [2.75, 3.05) is 13.2 Å². The highest BCUT2D eigenvalue weighted by Gasteiger charge is 2.25. The van der Waals surface area contributed by atoms with Crippen LogP contribution in [0.15, 0.2) is 30.3 Å². The first kappa shape index (κ1) is 10.7. The minimum absolute atomic E-state index is 0.200. The fraction of sp³-hybridized carbons (Fsp3) is 0.538. The Labute approximate surface area is 90.9 Å². The molecule has 0 amide bonds. The van der Waals surface area contributed by atoms with Crippen molar-refractivity contribution in [3.63, 3.8) is 0 Å². The average molecular weight is 206 g/mol. The van der Waals surface area contributed by atoms with Gasteiger partial charge in [0.1, 0.15) is 0 Å². The Hall–Kier alpha value is -0.860. The molecule has 0 spiro atoms. The highest BCUT2D eigenvalue weighted by atomic mass is 16.5. The molecule has 2 heteroatoms. The first-order valence-electron chi connectivity index (χ1n) is 5.66. The Morgan fingerprint density at radius 1 is 1.27 bits per heavy atom. The van der Waals surface area contributed by atoms with Gasteiger partial charge in [0, 0.05) is 19.1 Å². The normalized spacial score (nSPS) is 26.5. The molecular weight excluding hydrogens is 188 g/mol. The number of rotatable bonds is 3. The fourth-order valence-corrected chi connectivity index (χ4v) is 2.18. The van der Waals surface area contributed by atoms with Crippen LogP contribution in [0.25, 0.3) is 0 Å². The summed E-state index contributed by atoms with van der Waals surface area (Å²) in [5.74, 6) is 0.318. The van der Waals surface area contributed by atoms with Crippen molar-refractivity contribution in [3.8, 4) is 0 Å². The Morgan fingerprint density at radius 3 is 2.80 bits per heavy atom. The van der Waals surface area contributed by atoms with E-state index in [1.165, 1.54) is 5.56 Å². The van der Waals surface area contributed by atoms with Gasteiger partial charge in [0.15, 0.2) is 0 Å². The predicted molar refractivity (Wildman–Crippen MR) is 59.7 cm³/mol. The molecule has 2 nitrogen and oxygen atoms in total. The Kier molecular flexibility index (Phi) is 3.75. The van der Waals surface area contributed by atoms with Crippen LogP contribution < -0.4 is 0 Å². The molecule has 2 atom stereocenters. The molecule has 2 unspecified atom stereocenters. The minimum atomic E-state index is 0.200. The maximum absolute atomic E-state index is 9.26. The third-order valence-corrected chi connectivity index (χ3v) is 3.09. The number of ether oxygens (including phenoxy) is 1. The summed E-state index contributed by atoms with van der Waals surface area (Å²) in [5, 5.41) is 9.26. The van der Waals surface area contributed by atoms with Gasteiger partial charge >= 0.3 is 0 Å². The quantitative estimate of drug-likeness (QED) is 0.819. The second-order valence-electron chi connectivity index (χ2n) is 4.18. The second kappa shape index (κ2) is 5.29. The molecule has 0 bridgehead atoms. The number of hydrogen-bond acceptors (Lipinski definition) is 2. The van der Waals surface area contributed by atoms with Gasteiger partial charge in [-0.2, -0.15) is 0 Å². The van der Waals surface area contributed by atoms with Crippen molar-refractivity contribution in [3.05, 3.63) is 35.9 Å². The highest BCUT2D eigenvalue weighted by molar-refractivity contribution is 5.15. The number of aliphatic hydroxyl groups excluding tert-OH is 1. The molecule has 0 radical (unpaired) electrons. The summed E-state index contributed by atoms with van der Waals surface area (Å²) in [5.41, 5.74) is 1.29. The summed E-state index contributed by atoms with van der Waals surface area (Å²) in [6, 6.07) is 10.4. The van der Waals surface area contributed by atoms with E-state index in [4.69, 9.17) is 4.74 Å². The van der Waals surface area contributed by atoms with Crippen molar-refractivity contribution in [1.82, 2.24) is 0 Å². The molecule has 2 rings (SSSR count). The molecule has 1 aliphatic rings. The van der Waals surface area contributed by atoms with Gasteiger partial charge in [-0.1, -0.05) is 30.3 Å². The van der Waals surface area contributed by atoms with Crippen LogP contribution in [0, 0.1) is 5.92 Å². The van der Waals surface area contributed by atoms with Gasteiger partial charge in [0.05, 0.1) is 6.10 Å². The van der Waals surface area contributed by atoms with Crippen LogP contribution in [-0.2, 0) is 11.2 Å². The zero-order valence-corrected chi connectivity index (χ0v) is 8.93. The van der Waals surface area contributed by atoms with Crippen molar-refractivity contribution < 1.29 is 9.84 Å². The Morgan fingerprint density at radius 2 is 2.07 bits per heavy atom. The molecule has 1 aliphatic heterocycles. The predicted octanol–water partition coefficient (Wildman–Crippen LogP) is 2.02. The summed E-state index contributed by atoms with van der Waals surface area (Å²) < 4.78 is 5.73. The maximum Gasteiger partial charge on any atom is 0.0665 e. The molecule has 1 aromatic carbocycles. The van der Waals surface area contributed by atoms with Gasteiger partial charge in [-0.3, -0.25) is 0 Å². The SMILES string of the molecule is OCC1CCCOC1Cc1ccccc1. The van der Waals surface area contributed by atoms with Gasteiger partial charge in [-0.15, -0.1) is 0 Å². The van der Waals surface area contributed by atoms with Crippen molar-refractivity contribution in [2.45, 2.75) is 25.4 Å². The summed E-state index contributed by atoms with van der Waals surface area (Å²) in [4.78, 5) is 0. The first-order chi connectivity index (χ1) is 7.40. The molecule has 0 saturated carbocycles. The molecule has 1 heterocycles. The lowest BCUT2D eigenvalue weighted by Crippen LogP contribution is -2.33. The maximum atomic E-state index is 9.26. The van der Waals surface area contributed by atoms with Gasteiger partial charge < -0.3 is 9.84 Å². The molecule has 1 fully saturated rings. The third-order valence-electron chi connectivity index (χ3n) is 3.09. The molecule has 0 aromatic heterocycles. The van der Waals surface area contributed by atoms with Crippen LogP contribution in [0.3, 0.4) is 0 Å². The number of hydrogen-bond donors (Lipinski definition) is 1. The highest BCUT2D eigenvalue weighted by Crippen LogP contribution is 2.23. The van der Waals surface area contributed by atoms with Crippen LogP contribution in [0.5, 0.6) is 0 Å². The van der Waals surface area contributed by atoms with E-state index >= 15 is 0 Å². The zero-order chi connectivity index (χ0) is 10.5. The molecular formula is C13H18O2. The molecule has 0 aliphatic carbocycles. The second-order valence-corrected chi connectivity index (χ2v) is 4.18. The van der Waals surface area contributed by atoms with Crippen LogP contribution in [0.4, 0.5) is 0 Å². The molecule has 1 aromatic rings. The van der Waals surface area contributed by atoms with Gasteiger partial charge in [0.25, 0.3) is 0 Å². The van der Waals surface area contributed by atoms with Gasteiger partial charge in [0.2, 0.25) is 0 Å².